The van der Waals surface area contributed by atoms with Crippen LogP contribution in [0.2, 0.25) is 0 Å². The second-order valence-corrected chi connectivity index (χ2v) is 6.30. The third-order valence-corrected chi connectivity index (χ3v) is 4.41. The van der Waals surface area contributed by atoms with Crippen LogP contribution in [0.25, 0.3) is 10.9 Å². The summed E-state index contributed by atoms with van der Waals surface area (Å²) in [6.07, 6.45) is 2.71. The van der Waals surface area contributed by atoms with Crippen LogP contribution in [0.3, 0.4) is 0 Å². The van der Waals surface area contributed by atoms with E-state index in [2.05, 4.69) is 9.71 Å². The van der Waals surface area contributed by atoms with Crippen molar-refractivity contribution in [2.75, 3.05) is 13.1 Å². The molecule has 5 nitrogen and oxygen atoms in total. The highest BCUT2D eigenvalue weighted by Crippen LogP contribution is 2.21. The Balaban J connectivity index is 2.32. The first kappa shape index (κ1) is 14.0. The van der Waals surface area contributed by atoms with Gasteiger partial charge in [-0.3, -0.25) is 0 Å². The van der Waals surface area contributed by atoms with Crippen LogP contribution in [0.5, 0.6) is 0 Å². The number of benzene rings is 1. The highest BCUT2D eigenvalue weighted by atomic mass is 32.2. The number of fused-ring (bicyclic) bond motifs is 1. The minimum Gasteiger partial charge on any atom is -0.361 e. The lowest BCUT2D eigenvalue weighted by molar-refractivity contribution is 0.583. The number of sulfonamides is 1. The predicted molar refractivity (Wildman–Crippen MR) is 77.4 cm³/mol. The van der Waals surface area contributed by atoms with Crippen LogP contribution in [-0.4, -0.2) is 26.5 Å². The van der Waals surface area contributed by atoms with Gasteiger partial charge in [-0.05, 0) is 36.2 Å². The van der Waals surface area contributed by atoms with E-state index < -0.39 is 10.0 Å². The van der Waals surface area contributed by atoms with Crippen molar-refractivity contribution < 1.29 is 8.42 Å². The minimum atomic E-state index is -3.25. The fraction of sp³-hybridized carbons (Fsp3) is 0.385. The van der Waals surface area contributed by atoms with E-state index >= 15 is 0 Å². The molecule has 104 valence electrons. The molecule has 0 fully saturated rings. The summed E-state index contributed by atoms with van der Waals surface area (Å²) >= 11 is 0. The van der Waals surface area contributed by atoms with E-state index in [1.807, 2.05) is 24.4 Å². The molecule has 0 aliphatic rings. The maximum atomic E-state index is 11.7. The lowest BCUT2D eigenvalue weighted by Crippen LogP contribution is -2.24. The Bertz CT molecular complexity index is 662. The molecule has 0 aliphatic heterocycles. The Labute approximate surface area is 113 Å². The van der Waals surface area contributed by atoms with Crippen molar-refractivity contribution in [2.45, 2.75) is 19.1 Å². The van der Waals surface area contributed by atoms with E-state index in [-0.39, 0.29) is 5.75 Å². The van der Waals surface area contributed by atoms with Crippen LogP contribution in [0.1, 0.15) is 18.1 Å². The molecule has 4 N–H and O–H groups in total. The van der Waals surface area contributed by atoms with Gasteiger partial charge in [-0.15, -0.1) is 0 Å². The summed E-state index contributed by atoms with van der Waals surface area (Å²) in [6.45, 7) is 2.76. The van der Waals surface area contributed by atoms with Crippen molar-refractivity contribution in [2.24, 2.45) is 5.73 Å². The second-order valence-electron chi connectivity index (χ2n) is 4.49. The van der Waals surface area contributed by atoms with Crippen LogP contribution >= 0.6 is 0 Å². The van der Waals surface area contributed by atoms with Gasteiger partial charge < -0.3 is 10.7 Å². The SMILES string of the molecule is CCNS(=O)(=O)Cc1ccc2[nH]cc(CCN)c2c1. The highest BCUT2D eigenvalue weighted by Gasteiger charge is 2.11. The normalized spacial score (nSPS) is 12.1. The summed E-state index contributed by atoms with van der Waals surface area (Å²) in [5, 5.41) is 1.05. The number of aromatic nitrogens is 1. The van der Waals surface area contributed by atoms with E-state index in [0.29, 0.717) is 13.1 Å². The Morgan fingerprint density at radius 1 is 1.37 bits per heavy atom. The van der Waals surface area contributed by atoms with Crippen molar-refractivity contribution in [3.05, 3.63) is 35.5 Å². The number of aromatic amines is 1. The van der Waals surface area contributed by atoms with Gasteiger partial charge in [0.2, 0.25) is 10.0 Å². The fourth-order valence-electron chi connectivity index (χ4n) is 2.17. The van der Waals surface area contributed by atoms with Gasteiger partial charge in [0, 0.05) is 23.6 Å². The van der Waals surface area contributed by atoms with Crippen LogP contribution in [0, 0.1) is 0 Å². The molecule has 6 heteroatoms. The molecule has 0 saturated carbocycles. The number of nitrogens with two attached hydrogens (primary N) is 1. The summed E-state index contributed by atoms with van der Waals surface area (Å²) in [6, 6.07) is 5.66. The van der Waals surface area contributed by atoms with Crippen molar-refractivity contribution in [1.82, 2.24) is 9.71 Å². The van der Waals surface area contributed by atoms with Gasteiger partial charge in [0.15, 0.2) is 0 Å². The predicted octanol–water partition coefficient (Wildman–Crippen LogP) is 1.11. The molecule has 0 aliphatic carbocycles. The third kappa shape index (κ3) is 3.34. The Hall–Kier alpha value is -1.37. The molecule has 0 unspecified atom stereocenters. The smallest absolute Gasteiger partial charge is 0.215 e. The van der Waals surface area contributed by atoms with E-state index in [4.69, 9.17) is 5.73 Å². The Morgan fingerprint density at radius 2 is 2.16 bits per heavy atom. The maximum absolute atomic E-state index is 11.7. The van der Waals surface area contributed by atoms with Gasteiger partial charge in [-0.1, -0.05) is 13.0 Å². The first-order valence-electron chi connectivity index (χ1n) is 6.32. The van der Waals surface area contributed by atoms with E-state index in [0.717, 1.165) is 28.5 Å². The largest absolute Gasteiger partial charge is 0.361 e. The van der Waals surface area contributed by atoms with Gasteiger partial charge in [0.25, 0.3) is 0 Å². The Morgan fingerprint density at radius 3 is 2.84 bits per heavy atom. The van der Waals surface area contributed by atoms with Crippen LogP contribution in [-0.2, 0) is 22.2 Å². The zero-order valence-electron chi connectivity index (χ0n) is 10.9. The van der Waals surface area contributed by atoms with Crippen LogP contribution in [0.4, 0.5) is 0 Å². The van der Waals surface area contributed by atoms with Gasteiger partial charge in [-0.25, -0.2) is 13.1 Å². The molecule has 0 amide bonds. The summed E-state index contributed by atoms with van der Waals surface area (Å²) in [4.78, 5) is 3.17. The number of hydrogen-bond donors (Lipinski definition) is 3. The lowest BCUT2D eigenvalue weighted by Gasteiger charge is -2.05. The highest BCUT2D eigenvalue weighted by molar-refractivity contribution is 7.88. The topological polar surface area (TPSA) is 88.0 Å². The number of hydrogen-bond acceptors (Lipinski definition) is 3. The van der Waals surface area contributed by atoms with Crippen LogP contribution < -0.4 is 10.5 Å². The molecule has 2 rings (SSSR count). The van der Waals surface area contributed by atoms with Crippen molar-refractivity contribution in [1.29, 1.82) is 0 Å². The van der Waals surface area contributed by atoms with E-state index in [1.54, 1.807) is 6.92 Å². The van der Waals surface area contributed by atoms with Gasteiger partial charge >= 0.3 is 0 Å². The molecule has 1 aromatic heterocycles. The standard InChI is InChI=1S/C13H19N3O2S/c1-2-16-19(17,18)9-10-3-4-13-12(7-10)11(5-6-14)8-15-13/h3-4,7-8,15-16H,2,5-6,9,14H2,1H3. The monoisotopic (exact) mass is 281 g/mol. The summed E-state index contributed by atoms with van der Waals surface area (Å²) < 4.78 is 26.0. The van der Waals surface area contributed by atoms with Gasteiger partial charge in [0.1, 0.15) is 0 Å². The summed E-state index contributed by atoms with van der Waals surface area (Å²) in [7, 11) is -3.25. The average molecular weight is 281 g/mol. The van der Waals surface area contributed by atoms with Crippen molar-refractivity contribution >= 4 is 20.9 Å². The molecule has 19 heavy (non-hydrogen) atoms. The number of rotatable bonds is 6. The molecular weight excluding hydrogens is 262 g/mol. The summed E-state index contributed by atoms with van der Waals surface area (Å²) in [5.74, 6) is 0.00399. The maximum Gasteiger partial charge on any atom is 0.215 e. The molecule has 0 saturated heterocycles. The zero-order valence-corrected chi connectivity index (χ0v) is 11.8. The van der Waals surface area contributed by atoms with Crippen molar-refractivity contribution in [3.8, 4) is 0 Å². The molecule has 2 aromatic rings. The molecule has 1 heterocycles. The molecule has 1 aromatic carbocycles. The molecule has 0 spiro atoms. The first-order chi connectivity index (χ1) is 9.05. The summed E-state index contributed by atoms with van der Waals surface area (Å²) in [5.41, 5.74) is 8.49. The van der Waals surface area contributed by atoms with Crippen LogP contribution in [0.15, 0.2) is 24.4 Å². The van der Waals surface area contributed by atoms with Gasteiger partial charge in [-0.2, -0.15) is 0 Å². The molecular formula is C13H19N3O2S. The minimum absolute atomic E-state index is 0.00399. The average Bonchev–Trinajstić information content (AvgIpc) is 2.72. The van der Waals surface area contributed by atoms with Crippen molar-refractivity contribution in [3.63, 3.8) is 0 Å². The first-order valence-corrected chi connectivity index (χ1v) is 7.97. The molecule has 0 atom stereocenters. The fourth-order valence-corrected chi connectivity index (χ4v) is 3.33. The van der Waals surface area contributed by atoms with Gasteiger partial charge in [0.05, 0.1) is 5.75 Å². The zero-order chi connectivity index (χ0) is 13.9. The molecule has 0 radical (unpaired) electrons. The van der Waals surface area contributed by atoms with E-state index in [1.165, 1.54) is 0 Å². The molecule has 0 bridgehead atoms. The third-order valence-electron chi connectivity index (χ3n) is 2.97. The number of nitrogens with one attached hydrogen (secondary N) is 2. The number of H-pyrrole nitrogens is 1. The quantitative estimate of drug-likeness (QED) is 0.741. The van der Waals surface area contributed by atoms with E-state index in [9.17, 15) is 8.42 Å². The Kier molecular flexibility index (Phi) is 4.24. The second kappa shape index (κ2) is 5.73. The lowest BCUT2D eigenvalue weighted by atomic mass is 10.1.